The van der Waals surface area contributed by atoms with E-state index in [4.69, 9.17) is 32.7 Å². The highest BCUT2D eigenvalue weighted by Crippen LogP contribution is 2.32. The molecule has 0 bridgehead atoms. The van der Waals surface area contributed by atoms with E-state index in [0.717, 1.165) is 16.8 Å². The lowest BCUT2D eigenvalue weighted by molar-refractivity contribution is 0.269. The van der Waals surface area contributed by atoms with Crippen molar-refractivity contribution < 1.29 is 9.47 Å². The number of ether oxygens (including phenoxy) is 2. The van der Waals surface area contributed by atoms with Crippen molar-refractivity contribution in [2.24, 2.45) is 0 Å². The van der Waals surface area contributed by atoms with Crippen LogP contribution in [0.3, 0.4) is 0 Å². The first-order valence-electron chi connectivity index (χ1n) is 8.77. The molecule has 0 radical (unpaired) electrons. The van der Waals surface area contributed by atoms with Crippen molar-refractivity contribution in [1.82, 2.24) is 0 Å². The van der Waals surface area contributed by atoms with Crippen LogP contribution < -0.4 is 14.8 Å². The molecule has 27 heavy (non-hydrogen) atoms. The predicted octanol–water partition coefficient (Wildman–Crippen LogP) is 6.58. The van der Waals surface area contributed by atoms with Gasteiger partial charge in [-0.05, 0) is 48.9 Å². The van der Waals surface area contributed by atoms with E-state index in [2.05, 4.69) is 5.32 Å². The first kappa shape index (κ1) is 19.4. The van der Waals surface area contributed by atoms with Gasteiger partial charge in [0, 0.05) is 27.8 Å². The summed E-state index contributed by atoms with van der Waals surface area (Å²) in [5.74, 6) is 1.37. The first-order valence-corrected chi connectivity index (χ1v) is 9.53. The average molecular weight is 402 g/mol. The van der Waals surface area contributed by atoms with Gasteiger partial charge in [0.25, 0.3) is 0 Å². The van der Waals surface area contributed by atoms with Crippen LogP contribution in [-0.4, -0.2) is 6.61 Å². The molecule has 0 saturated carbocycles. The van der Waals surface area contributed by atoms with Gasteiger partial charge in [0.05, 0.1) is 6.61 Å². The Labute approximate surface area is 169 Å². The van der Waals surface area contributed by atoms with Crippen LogP contribution in [0.25, 0.3) is 0 Å². The second-order valence-electron chi connectivity index (χ2n) is 5.92. The molecule has 1 N–H and O–H groups in total. The maximum atomic E-state index is 6.22. The van der Waals surface area contributed by atoms with Gasteiger partial charge >= 0.3 is 0 Å². The van der Waals surface area contributed by atoms with Crippen LogP contribution in [0.2, 0.25) is 10.0 Å². The summed E-state index contributed by atoms with van der Waals surface area (Å²) in [7, 11) is 0. The molecule has 3 rings (SSSR count). The number of para-hydroxylation sites is 1. The van der Waals surface area contributed by atoms with Gasteiger partial charge < -0.3 is 14.8 Å². The number of halogens is 2. The third kappa shape index (κ3) is 5.31. The molecule has 3 nitrogen and oxygen atoms in total. The summed E-state index contributed by atoms with van der Waals surface area (Å²) in [5.41, 5.74) is 2.94. The topological polar surface area (TPSA) is 30.5 Å². The van der Waals surface area contributed by atoms with Crippen LogP contribution in [0.5, 0.6) is 11.5 Å². The molecule has 3 aromatic carbocycles. The van der Waals surface area contributed by atoms with E-state index in [9.17, 15) is 0 Å². The zero-order valence-electron chi connectivity index (χ0n) is 15.0. The molecule has 0 aliphatic rings. The van der Waals surface area contributed by atoms with Crippen LogP contribution in [0.4, 0.5) is 5.69 Å². The Morgan fingerprint density at radius 1 is 0.815 bits per heavy atom. The average Bonchev–Trinajstić information content (AvgIpc) is 2.68. The molecule has 3 aromatic rings. The maximum absolute atomic E-state index is 6.22. The van der Waals surface area contributed by atoms with Gasteiger partial charge in [-0.25, -0.2) is 0 Å². The minimum absolute atomic E-state index is 0.278. The third-order valence-corrected chi connectivity index (χ3v) is 4.72. The van der Waals surface area contributed by atoms with Gasteiger partial charge in [-0.2, -0.15) is 0 Å². The van der Waals surface area contributed by atoms with Gasteiger partial charge in [0.2, 0.25) is 0 Å². The van der Waals surface area contributed by atoms with Crippen molar-refractivity contribution in [3.63, 3.8) is 0 Å². The Balaban J connectivity index is 1.71. The Hall–Kier alpha value is -2.36. The van der Waals surface area contributed by atoms with E-state index in [1.54, 1.807) is 12.1 Å². The summed E-state index contributed by atoms with van der Waals surface area (Å²) in [6.07, 6.45) is 0. The number of nitrogens with one attached hydrogen (secondary N) is 1. The molecule has 0 saturated heterocycles. The van der Waals surface area contributed by atoms with Gasteiger partial charge in [-0.3, -0.25) is 0 Å². The molecule has 5 heteroatoms. The van der Waals surface area contributed by atoms with E-state index >= 15 is 0 Å². The molecule has 0 aliphatic carbocycles. The first-order chi connectivity index (χ1) is 13.2. The minimum Gasteiger partial charge on any atom is -0.490 e. The van der Waals surface area contributed by atoms with Crippen LogP contribution in [0.15, 0.2) is 66.7 Å². The normalized spacial score (nSPS) is 10.5. The molecular formula is C22H21Cl2NO2. The lowest BCUT2D eigenvalue weighted by Gasteiger charge is -2.15. The fourth-order valence-corrected chi connectivity index (χ4v) is 3.14. The largest absolute Gasteiger partial charge is 0.490 e. The molecule has 0 spiro atoms. The van der Waals surface area contributed by atoms with Gasteiger partial charge in [-0.1, -0.05) is 53.5 Å². The number of rotatable bonds is 8. The summed E-state index contributed by atoms with van der Waals surface area (Å²) in [6.45, 7) is 3.48. The maximum Gasteiger partial charge on any atom is 0.161 e. The molecule has 0 heterocycles. The molecular weight excluding hydrogens is 381 g/mol. The van der Waals surface area contributed by atoms with Crippen LogP contribution in [0.1, 0.15) is 18.1 Å². The Bertz CT molecular complexity index is 864. The van der Waals surface area contributed by atoms with Crippen molar-refractivity contribution in [3.05, 3.63) is 87.9 Å². The van der Waals surface area contributed by atoms with Crippen molar-refractivity contribution in [1.29, 1.82) is 0 Å². The molecule has 0 unspecified atom stereocenters. The number of hydrogen-bond acceptors (Lipinski definition) is 3. The molecule has 0 fully saturated rings. The minimum atomic E-state index is 0.278. The molecule has 0 aliphatic heterocycles. The summed E-state index contributed by atoms with van der Waals surface area (Å²) >= 11 is 12.4. The number of anilines is 1. The highest BCUT2D eigenvalue weighted by molar-refractivity contribution is 6.35. The quantitative estimate of drug-likeness (QED) is 0.462. The Kier molecular flexibility index (Phi) is 6.86. The summed E-state index contributed by atoms with van der Waals surface area (Å²) in [4.78, 5) is 0. The second kappa shape index (κ2) is 9.54. The van der Waals surface area contributed by atoms with Crippen LogP contribution in [0, 0.1) is 0 Å². The van der Waals surface area contributed by atoms with E-state index in [1.165, 1.54) is 0 Å². The van der Waals surface area contributed by atoms with Crippen LogP contribution >= 0.6 is 23.2 Å². The summed E-state index contributed by atoms with van der Waals surface area (Å²) in [5, 5.41) is 4.57. The zero-order valence-corrected chi connectivity index (χ0v) is 16.6. The molecule has 0 amide bonds. The Morgan fingerprint density at radius 2 is 1.56 bits per heavy atom. The zero-order chi connectivity index (χ0) is 19.1. The smallest absolute Gasteiger partial charge is 0.161 e. The standard InChI is InChI=1S/C22H21Cl2NO2/c1-2-26-22-13-16(14-25-17-7-4-3-5-8-17)11-12-21(22)27-15-18-19(23)9-6-10-20(18)24/h3-13,25H,2,14-15H2,1H3. The van der Waals surface area contributed by atoms with Crippen molar-refractivity contribution >= 4 is 28.9 Å². The highest BCUT2D eigenvalue weighted by atomic mass is 35.5. The fourth-order valence-electron chi connectivity index (χ4n) is 2.63. The van der Waals surface area contributed by atoms with Gasteiger partial charge in [0.15, 0.2) is 11.5 Å². The van der Waals surface area contributed by atoms with Gasteiger partial charge in [-0.15, -0.1) is 0 Å². The highest BCUT2D eigenvalue weighted by Gasteiger charge is 2.10. The monoisotopic (exact) mass is 401 g/mol. The third-order valence-electron chi connectivity index (χ3n) is 4.01. The fraction of sp³-hybridized carbons (Fsp3) is 0.182. The van der Waals surface area contributed by atoms with Crippen LogP contribution in [-0.2, 0) is 13.2 Å². The van der Waals surface area contributed by atoms with E-state index in [-0.39, 0.29) is 6.61 Å². The number of hydrogen-bond donors (Lipinski definition) is 1. The second-order valence-corrected chi connectivity index (χ2v) is 6.74. The Morgan fingerprint density at radius 3 is 2.26 bits per heavy atom. The van der Waals surface area contributed by atoms with E-state index < -0.39 is 0 Å². The molecule has 0 atom stereocenters. The van der Waals surface area contributed by atoms with E-state index in [0.29, 0.717) is 34.7 Å². The molecule has 0 aromatic heterocycles. The van der Waals surface area contributed by atoms with Crippen molar-refractivity contribution in [3.8, 4) is 11.5 Å². The van der Waals surface area contributed by atoms with Crippen molar-refractivity contribution in [2.45, 2.75) is 20.1 Å². The van der Waals surface area contributed by atoms with Gasteiger partial charge in [0.1, 0.15) is 6.61 Å². The predicted molar refractivity (Wildman–Crippen MR) is 112 cm³/mol. The lowest BCUT2D eigenvalue weighted by atomic mass is 10.2. The van der Waals surface area contributed by atoms with Crippen molar-refractivity contribution in [2.75, 3.05) is 11.9 Å². The lowest BCUT2D eigenvalue weighted by Crippen LogP contribution is -2.03. The summed E-state index contributed by atoms with van der Waals surface area (Å²) in [6, 6.07) is 21.4. The summed E-state index contributed by atoms with van der Waals surface area (Å²) < 4.78 is 11.7. The molecule has 140 valence electrons. The number of benzene rings is 3. The SMILES string of the molecule is CCOc1cc(CNc2ccccc2)ccc1OCc1c(Cl)cccc1Cl. The van der Waals surface area contributed by atoms with E-state index in [1.807, 2.05) is 61.5 Å².